The Labute approximate surface area is 67.6 Å². The molecule has 0 fully saturated rings. The van der Waals surface area contributed by atoms with Crippen LogP contribution in [-0.2, 0) is 0 Å². The van der Waals surface area contributed by atoms with Gasteiger partial charge in [-0.2, -0.15) is 0 Å². The van der Waals surface area contributed by atoms with E-state index in [0.717, 1.165) is 4.85 Å². The van der Waals surface area contributed by atoms with E-state index in [0.29, 0.717) is 11.0 Å². The first-order valence-electron chi connectivity index (χ1n) is 2.87. The molecule has 1 aromatic carbocycles. The lowest BCUT2D eigenvalue weighted by atomic mass is 10.3. The zero-order chi connectivity index (χ0) is 6.97. The second kappa shape index (κ2) is 3.65. The third-order valence-electron chi connectivity index (χ3n) is 1.33. The Morgan fingerprint density at radius 2 is 1.83 bits per heavy atom. The van der Waals surface area contributed by atoms with E-state index in [4.69, 9.17) is 5.21 Å². The van der Waals surface area contributed by atoms with Gasteiger partial charge in [0.1, 0.15) is 11.0 Å². The van der Waals surface area contributed by atoms with E-state index in [1.54, 1.807) is 12.1 Å². The molecule has 0 radical (unpaired) electrons. The van der Waals surface area contributed by atoms with Gasteiger partial charge in [-0.1, -0.05) is 17.0 Å². The summed E-state index contributed by atoms with van der Waals surface area (Å²) in [6.07, 6.45) is 0. The summed E-state index contributed by atoms with van der Waals surface area (Å²) in [6, 6.07) is 7.19. The minimum absolute atomic E-state index is 0. The summed E-state index contributed by atoms with van der Waals surface area (Å²) < 4.78 is 0. The fourth-order valence-electron chi connectivity index (χ4n) is 0.857. The highest BCUT2D eigenvalue weighted by Crippen LogP contribution is 2.06. The van der Waals surface area contributed by atoms with E-state index < -0.39 is 0 Å². The summed E-state index contributed by atoms with van der Waals surface area (Å²) in [4.78, 5) is 0.759. The van der Waals surface area contributed by atoms with Crippen LogP contribution in [0, 0.1) is 0 Å². The first-order valence-corrected chi connectivity index (χ1v) is 2.87. The van der Waals surface area contributed by atoms with Crippen LogP contribution >= 0.6 is 0 Å². The van der Waals surface area contributed by atoms with E-state index in [2.05, 4.69) is 10.3 Å². The van der Waals surface area contributed by atoms with Crippen LogP contribution in [0.15, 0.2) is 24.3 Å². The lowest BCUT2D eigenvalue weighted by Gasteiger charge is -1.85. The maximum atomic E-state index is 8.95. The standard InChI is InChI=1S/C6H5N3O.2H2O/c10-9-6-4-2-1-3-5(6)7-8-9;;/h1-4,10H;2*1H2. The molecule has 0 atom stereocenters. The molecule has 0 aliphatic heterocycles. The van der Waals surface area contributed by atoms with Crippen LogP contribution in [0.3, 0.4) is 0 Å². The lowest BCUT2D eigenvalue weighted by Crippen LogP contribution is -1.90. The summed E-state index contributed by atoms with van der Waals surface area (Å²) in [5.41, 5.74) is 1.33. The van der Waals surface area contributed by atoms with E-state index in [-0.39, 0.29) is 11.0 Å². The Hall–Kier alpha value is -1.66. The molecule has 0 unspecified atom stereocenters. The molecule has 0 bridgehead atoms. The summed E-state index contributed by atoms with van der Waals surface area (Å²) in [5, 5.41) is 16.1. The molecule has 0 aliphatic carbocycles. The molecule has 6 nitrogen and oxygen atoms in total. The molecule has 0 saturated heterocycles. The minimum Gasteiger partial charge on any atom is -0.412 e. The first kappa shape index (κ1) is 10.3. The van der Waals surface area contributed by atoms with Crippen molar-refractivity contribution in [3.63, 3.8) is 0 Å². The van der Waals surface area contributed by atoms with Crippen molar-refractivity contribution in [2.75, 3.05) is 0 Å². The fraction of sp³-hybridized carbons (Fsp3) is 0. The molecule has 12 heavy (non-hydrogen) atoms. The van der Waals surface area contributed by atoms with Gasteiger partial charge in [-0.15, -0.1) is 5.10 Å². The van der Waals surface area contributed by atoms with Crippen molar-refractivity contribution in [1.29, 1.82) is 0 Å². The fourth-order valence-corrected chi connectivity index (χ4v) is 0.857. The average molecular weight is 171 g/mol. The van der Waals surface area contributed by atoms with Crippen LogP contribution in [0.4, 0.5) is 0 Å². The van der Waals surface area contributed by atoms with Gasteiger partial charge < -0.3 is 16.2 Å². The van der Waals surface area contributed by atoms with E-state index in [9.17, 15) is 0 Å². The molecular formula is C6H9N3O3. The topological polar surface area (TPSA) is 114 Å². The predicted octanol–water partition coefficient (Wildman–Crippen LogP) is -0.981. The summed E-state index contributed by atoms with van der Waals surface area (Å²) in [5.74, 6) is 0. The highest BCUT2D eigenvalue weighted by atomic mass is 16.5. The molecule has 0 amide bonds. The second-order valence-electron chi connectivity index (χ2n) is 1.97. The van der Waals surface area contributed by atoms with Crippen LogP contribution in [0.1, 0.15) is 0 Å². The van der Waals surface area contributed by atoms with Crippen LogP contribution in [0.2, 0.25) is 0 Å². The normalized spacial score (nSPS) is 8.67. The Morgan fingerprint density at radius 1 is 1.17 bits per heavy atom. The Bertz CT molecular complexity index is 360. The quantitative estimate of drug-likeness (QED) is 0.513. The van der Waals surface area contributed by atoms with Crippen LogP contribution in [-0.4, -0.2) is 31.3 Å². The SMILES string of the molecule is O.O.On1nnc2ccccc21. The summed E-state index contributed by atoms with van der Waals surface area (Å²) in [6.45, 7) is 0. The molecule has 66 valence electrons. The molecule has 1 heterocycles. The minimum atomic E-state index is 0. The number of para-hydroxylation sites is 1. The Kier molecular flexibility index (Phi) is 3.15. The van der Waals surface area contributed by atoms with Crippen LogP contribution in [0.5, 0.6) is 0 Å². The van der Waals surface area contributed by atoms with Crippen molar-refractivity contribution < 1.29 is 16.2 Å². The van der Waals surface area contributed by atoms with Gasteiger partial charge in [-0.25, -0.2) is 0 Å². The number of hydrogen-bond acceptors (Lipinski definition) is 3. The number of fused-ring (bicyclic) bond motifs is 1. The Balaban J connectivity index is 0.000000605. The second-order valence-corrected chi connectivity index (χ2v) is 1.97. The van der Waals surface area contributed by atoms with E-state index >= 15 is 0 Å². The van der Waals surface area contributed by atoms with Gasteiger partial charge in [0, 0.05) is 0 Å². The molecule has 0 spiro atoms. The molecule has 1 aromatic heterocycles. The smallest absolute Gasteiger partial charge is 0.130 e. The highest BCUT2D eigenvalue weighted by molar-refractivity contribution is 5.73. The molecule has 2 rings (SSSR count). The van der Waals surface area contributed by atoms with Crippen molar-refractivity contribution in [3.05, 3.63) is 24.3 Å². The molecule has 6 heteroatoms. The maximum absolute atomic E-state index is 8.95. The third kappa shape index (κ3) is 1.34. The van der Waals surface area contributed by atoms with Crippen molar-refractivity contribution in [2.24, 2.45) is 0 Å². The van der Waals surface area contributed by atoms with Gasteiger partial charge in [-0.05, 0) is 17.3 Å². The molecule has 0 aliphatic rings. The van der Waals surface area contributed by atoms with Crippen molar-refractivity contribution in [2.45, 2.75) is 0 Å². The van der Waals surface area contributed by atoms with Crippen molar-refractivity contribution >= 4 is 11.0 Å². The van der Waals surface area contributed by atoms with Gasteiger partial charge in [0.2, 0.25) is 0 Å². The van der Waals surface area contributed by atoms with E-state index in [1.807, 2.05) is 12.1 Å². The number of benzene rings is 1. The number of hydrogen-bond donors (Lipinski definition) is 1. The third-order valence-corrected chi connectivity index (χ3v) is 1.33. The number of rotatable bonds is 0. The van der Waals surface area contributed by atoms with Crippen molar-refractivity contribution in [1.82, 2.24) is 15.2 Å². The van der Waals surface area contributed by atoms with Gasteiger partial charge >= 0.3 is 0 Å². The summed E-state index contributed by atoms with van der Waals surface area (Å²) in [7, 11) is 0. The average Bonchev–Trinajstić information content (AvgIpc) is 2.34. The first-order chi connectivity index (χ1) is 4.88. The zero-order valence-corrected chi connectivity index (χ0v) is 6.10. The molecular weight excluding hydrogens is 162 g/mol. The van der Waals surface area contributed by atoms with Gasteiger partial charge in [0.25, 0.3) is 0 Å². The predicted molar refractivity (Wildman–Crippen MR) is 41.9 cm³/mol. The van der Waals surface area contributed by atoms with E-state index in [1.165, 1.54) is 0 Å². The highest BCUT2D eigenvalue weighted by Gasteiger charge is 1.98. The van der Waals surface area contributed by atoms with Crippen molar-refractivity contribution in [3.8, 4) is 0 Å². The van der Waals surface area contributed by atoms with Crippen LogP contribution < -0.4 is 0 Å². The number of aromatic nitrogens is 3. The lowest BCUT2D eigenvalue weighted by molar-refractivity contribution is 0.155. The number of nitrogens with zero attached hydrogens (tertiary/aromatic N) is 3. The Morgan fingerprint density at radius 3 is 2.50 bits per heavy atom. The maximum Gasteiger partial charge on any atom is 0.130 e. The molecule has 0 saturated carbocycles. The monoisotopic (exact) mass is 171 g/mol. The molecule has 2 aromatic rings. The zero-order valence-electron chi connectivity index (χ0n) is 6.10. The molecule has 5 N–H and O–H groups in total. The van der Waals surface area contributed by atoms with Gasteiger partial charge in [0.05, 0.1) is 0 Å². The van der Waals surface area contributed by atoms with Gasteiger partial charge in [0.15, 0.2) is 0 Å². The van der Waals surface area contributed by atoms with Crippen LogP contribution in [0.25, 0.3) is 11.0 Å². The van der Waals surface area contributed by atoms with Gasteiger partial charge in [-0.3, -0.25) is 0 Å². The largest absolute Gasteiger partial charge is 0.412 e. The summed E-state index contributed by atoms with van der Waals surface area (Å²) >= 11 is 0.